The Hall–Kier alpha value is -2.86. The third-order valence-corrected chi connectivity index (χ3v) is 3.79. The first-order chi connectivity index (χ1) is 11.8. The number of hydrogen-bond acceptors (Lipinski definition) is 5. The molecule has 0 radical (unpaired) electrons. The number of amides is 1. The highest BCUT2D eigenvalue weighted by Gasteiger charge is 2.19. The molecule has 0 aliphatic carbocycles. The Bertz CT molecular complexity index is 818. The Morgan fingerprint density at radius 2 is 1.68 bits per heavy atom. The predicted octanol–water partition coefficient (Wildman–Crippen LogP) is 3.31. The van der Waals surface area contributed by atoms with Crippen LogP contribution in [0.25, 0.3) is 0 Å². The molecule has 7 heteroatoms. The van der Waals surface area contributed by atoms with Crippen molar-refractivity contribution in [2.45, 2.75) is 20.0 Å². The third-order valence-electron chi connectivity index (χ3n) is 3.44. The van der Waals surface area contributed by atoms with E-state index in [9.17, 15) is 14.4 Å². The molecule has 0 saturated heterocycles. The van der Waals surface area contributed by atoms with Crippen LogP contribution in [0.5, 0.6) is 0 Å². The van der Waals surface area contributed by atoms with Crippen molar-refractivity contribution < 1.29 is 19.1 Å². The van der Waals surface area contributed by atoms with Crippen LogP contribution in [0.4, 0.5) is 11.4 Å². The average molecular weight is 361 g/mol. The van der Waals surface area contributed by atoms with E-state index in [0.29, 0.717) is 16.3 Å². The van der Waals surface area contributed by atoms with Gasteiger partial charge in [-0.2, -0.15) is 0 Å². The Morgan fingerprint density at radius 3 is 2.24 bits per heavy atom. The van der Waals surface area contributed by atoms with Crippen molar-refractivity contribution in [2.75, 3.05) is 11.1 Å². The smallest absolute Gasteiger partial charge is 0.338 e. The van der Waals surface area contributed by atoms with E-state index in [2.05, 4.69) is 5.32 Å². The summed E-state index contributed by atoms with van der Waals surface area (Å²) in [5, 5.41) is 2.94. The van der Waals surface area contributed by atoms with Crippen LogP contribution in [0.1, 0.15) is 34.6 Å². The molecular weight excluding hydrogens is 344 g/mol. The van der Waals surface area contributed by atoms with Gasteiger partial charge in [-0.25, -0.2) is 4.79 Å². The number of nitrogen functional groups attached to an aromatic ring is 1. The fraction of sp³-hybridized carbons (Fsp3) is 0.167. The molecule has 1 amide bonds. The summed E-state index contributed by atoms with van der Waals surface area (Å²) < 4.78 is 5.12. The first kappa shape index (κ1) is 18.5. The lowest BCUT2D eigenvalue weighted by molar-refractivity contribution is -0.123. The number of esters is 1. The van der Waals surface area contributed by atoms with Gasteiger partial charge in [-0.3, -0.25) is 9.59 Å². The van der Waals surface area contributed by atoms with Crippen LogP contribution in [0.3, 0.4) is 0 Å². The van der Waals surface area contributed by atoms with Gasteiger partial charge in [0.1, 0.15) is 0 Å². The first-order valence-electron chi connectivity index (χ1n) is 7.46. The van der Waals surface area contributed by atoms with Gasteiger partial charge in [0, 0.05) is 11.3 Å². The number of Topliss-reactive ketones (excluding diaryl/α,β-unsaturated/α-hetero) is 1. The molecule has 0 bridgehead atoms. The lowest BCUT2D eigenvalue weighted by Crippen LogP contribution is -2.30. The second-order valence-electron chi connectivity index (χ2n) is 5.41. The van der Waals surface area contributed by atoms with Crippen LogP contribution in [0.2, 0.25) is 5.02 Å². The Kier molecular flexibility index (Phi) is 5.77. The lowest BCUT2D eigenvalue weighted by Gasteiger charge is -2.14. The van der Waals surface area contributed by atoms with Crippen molar-refractivity contribution >= 4 is 40.6 Å². The van der Waals surface area contributed by atoms with Crippen molar-refractivity contribution in [3.63, 3.8) is 0 Å². The Morgan fingerprint density at radius 1 is 1.08 bits per heavy atom. The van der Waals surface area contributed by atoms with Crippen LogP contribution in [-0.4, -0.2) is 23.8 Å². The zero-order valence-electron chi connectivity index (χ0n) is 13.7. The van der Waals surface area contributed by atoms with Crippen LogP contribution < -0.4 is 11.1 Å². The molecule has 130 valence electrons. The van der Waals surface area contributed by atoms with E-state index in [0.717, 1.165) is 0 Å². The fourth-order valence-corrected chi connectivity index (χ4v) is 2.10. The SMILES string of the molecule is CC(=O)c1ccc(NC(=O)[C@@H](C)OC(=O)c2ccc(Cl)c(N)c2)cc1. The van der Waals surface area contributed by atoms with Crippen LogP contribution >= 0.6 is 11.6 Å². The van der Waals surface area contributed by atoms with Gasteiger partial charge in [0.15, 0.2) is 11.9 Å². The maximum Gasteiger partial charge on any atom is 0.338 e. The molecule has 0 fully saturated rings. The van der Waals surface area contributed by atoms with Gasteiger partial charge in [-0.15, -0.1) is 0 Å². The van der Waals surface area contributed by atoms with E-state index in [1.54, 1.807) is 24.3 Å². The molecule has 2 aromatic carbocycles. The summed E-state index contributed by atoms with van der Waals surface area (Å²) in [7, 11) is 0. The molecule has 0 aliphatic heterocycles. The standard InChI is InChI=1S/C18H17ClN2O4/c1-10(22)12-3-6-14(7-4-12)21-17(23)11(2)25-18(24)13-5-8-15(19)16(20)9-13/h3-9,11H,20H2,1-2H3,(H,21,23)/t11-/m1/s1. The van der Waals surface area contributed by atoms with Gasteiger partial charge in [0.05, 0.1) is 16.3 Å². The Labute approximate surface area is 149 Å². The van der Waals surface area contributed by atoms with Crippen LogP contribution in [-0.2, 0) is 9.53 Å². The minimum absolute atomic E-state index is 0.0672. The van der Waals surface area contributed by atoms with Gasteiger partial charge in [-0.1, -0.05) is 11.6 Å². The Balaban J connectivity index is 1.98. The minimum Gasteiger partial charge on any atom is -0.449 e. The zero-order valence-corrected chi connectivity index (χ0v) is 14.5. The first-order valence-corrected chi connectivity index (χ1v) is 7.83. The largest absolute Gasteiger partial charge is 0.449 e. The van der Waals surface area contributed by atoms with E-state index < -0.39 is 18.0 Å². The predicted molar refractivity (Wildman–Crippen MR) is 95.8 cm³/mol. The summed E-state index contributed by atoms with van der Waals surface area (Å²) in [5.74, 6) is -1.24. The van der Waals surface area contributed by atoms with Crippen LogP contribution in [0, 0.1) is 0 Å². The quantitative estimate of drug-likeness (QED) is 0.484. The molecular formula is C18H17ClN2O4. The summed E-state index contributed by atoms with van der Waals surface area (Å²) in [6.07, 6.45) is -1.02. The molecule has 0 aromatic heterocycles. The number of carbonyl (C=O) groups excluding carboxylic acids is 3. The molecule has 0 saturated carbocycles. The van der Waals surface area contributed by atoms with Gasteiger partial charge in [-0.05, 0) is 56.3 Å². The number of carbonyl (C=O) groups is 3. The number of ketones is 1. The van der Waals surface area contributed by atoms with E-state index in [-0.39, 0.29) is 17.0 Å². The molecule has 0 heterocycles. The molecule has 1 atom stereocenters. The number of nitrogens with two attached hydrogens (primary N) is 1. The van der Waals surface area contributed by atoms with E-state index in [1.807, 2.05) is 0 Å². The molecule has 0 spiro atoms. The number of anilines is 2. The highest BCUT2D eigenvalue weighted by atomic mass is 35.5. The summed E-state index contributed by atoms with van der Waals surface area (Å²) >= 11 is 5.80. The lowest BCUT2D eigenvalue weighted by atomic mass is 10.1. The molecule has 2 rings (SSSR count). The monoisotopic (exact) mass is 360 g/mol. The van der Waals surface area contributed by atoms with Gasteiger partial charge < -0.3 is 15.8 Å². The minimum atomic E-state index is -1.02. The summed E-state index contributed by atoms with van der Waals surface area (Å²) in [4.78, 5) is 35.4. The molecule has 25 heavy (non-hydrogen) atoms. The normalized spacial score (nSPS) is 11.5. The van der Waals surface area contributed by atoms with E-state index >= 15 is 0 Å². The van der Waals surface area contributed by atoms with Crippen LogP contribution in [0.15, 0.2) is 42.5 Å². The third kappa shape index (κ3) is 4.81. The second-order valence-corrected chi connectivity index (χ2v) is 5.81. The van der Waals surface area contributed by atoms with Gasteiger partial charge in [0.25, 0.3) is 5.91 Å². The number of ether oxygens (including phenoxy) is 1. The number of hydrogen-bond donors (Lipinski definition) is 2. The summed E-state index contributed by atoms with van der Waals surface area (Å²) in [5.41, 5.74) is 7.13. The van der Waals surface area contributed by atoms with Gasteiger partial charge >= 0.3 is 5.97 Å². The van der Waals surface area contributed by atoms with E-state index in [1.165, 1.54) is 32.0 Å². The molecule has 0 unspecified atom stereocenters. The van der Waals surface area contributed by atoms with Crippen molar-refractivity contribution in [1.29, 1.82) is 0 Å². The topological polar surface area (TPSA) is 98.5 Å². The van der Waals surface area contributed by atoms with Crippen molar-refractivity contribution in [3.05, 3.63) is 58.6 Å². The molecule has 2 aromatic rings. The molecule has 3 N–H and O–H groups in total. The van der Waals surface area contributed by atoms with Crippen molar-refractivity contribution in [2.24, 2.45) is 0 Å². The highest BCUT2D eigenvalue weighted by Crippen LogP contribution is 2.20. The second kappa shape index (κ2) is 7.81. The number of rotatable bonds is 5. The fourth-order valence-electron chi connectivity index (χ4n) is 1.98. The summed E-state index contributed by atoms with van der Waals surface area (Å²) in [6.45, 7) is 2.91. The number of halogens is 1. The van der Waals surface area contributed by atoms with E-state index in [4.69, 9.17) is 22.1 Å². The highest BCUT2D eigenvalue weighted by molar-refractivity contribution is 6.33. The maximum atomic E-state index is 12.1. The molecule has 0 aliphatic rings. The molecule has 6 nitrogen and oxygen atoms in total. The summed E-state index contributed by atoms with van der Waals surface area (Å²) in [6, 6.07) is 10.7. The average Bonchev–Trinajstić information content (AvgIpc) is 2.57. The number of nitrogens with one attached hydrogen (secondary N) is 1. The maximum absolute atomic E-state index is 12.1. The zero-order chi connectivity index (χ0) is 18.6. The number of benzene rings is 2. The van der Waals surface area contributed by atoms with Crippen molar-refractivity contribution in [1.82, 2.24) is 0 Å². The van der Waals surface area contributed by atoms with Gasteiger partial charge in [0.2, 0.25) is 0 Å². The van der Waals surface area contributed by atoms with Crippen molar-refractivity contribution in [3.8, 4) is 0 Å².